The third-order valence-corrected chi connectivity index (χ3v) is 6.13. The number of nitrogens with one attached hydrogen (secondary N) is 1. The van der Waals surface area contributed by atoms with Crippen LogP contribution in [0.25, 0.3) is 10.3 Å². The molecule has 1 saturated heterocycles. The van der Waals surface area contributed by atoms with Crippen LogP contribution in [0.2, 0.25) is 0 Å². The molecule has 3 aromatic heterocycles. The van der Waals surface area contributed by atoms with E-state index in [4.69, 9.17) is 5.73 Å². The van der Waals surface area contributed by atoms with Crippen molar-refractivity contribution in [2.45, 2.75) is 26.4 Å². The number of urea groups is 1. The molecule has 9 nitrogen and oxygen atoms in total. The first-order valence-electron chi connectivity index (χ1n) is 8.58. The number of nitrogens with two attached hydrogens (primary N) is 1. The Labute approximate surface area is 164 Å². The minimum absolute atomic E-state index is 0.0737. The van der Waals surface area contributed by atoms with Crippen LogP contribution in [0.5, 0.6) is 0 Å². The number of aryl methyl sites for hydroxylation is 1. The van der Waals surface area contributed by atoms with Crippen LogP contribution in [0.1, 0.15) is 17.6 Å². The SMILES string of the molecule is Cc1csc(CNC(=O)N2CCN(c3nc(N)nc4scnc34)C(C)C2)n1. The Morgan fingerprint density at radius 2 is 2.19 bits per heavy atom. The van der Waals surface area contributed by atoms with Gasteiger partial charge in [-0.1, -0.05) is 0 Å². The standard InChI is InChI=1S/C16H20N8OS2/c1-9-7-26-11(20-9)5-18-16(25)23-3-4-24(10(2)6-23)13-12-14(27-8-19-12)22-15(17)21-13/h7-8,10H,3-6H2,1-2H3,(H,18,25)(H2,17,21,22). The molecule has 4 heterocycles. The van der Waals surface area contributed by atoms with E-state index in [2.05, 4.69) is 37.1 Å². The normalized spacial score (nSPS) is 17.5. The highest BCUT2D eigenvalue weighted by molar-refractivity contribution is 7.16. The number of rotatable bonds is 3. The second kappa shape index (κ2) is 7.24. The number of carbonyl (C=O) groups excluding carboxylic acids is 1. The molecule has 3 N–H and O–H groups in total. The average Bonchev–Trinajstić information content (AvgIpc) is 3.27. The summed E-state index contributed by atoms with van der Waals surface area (Å²) in [5, 5.41) is 5.84. The van der Waals surface area contributed by atoms with Gasteiger partial charge in [-0.2, -0.15) is 4.98 Å². The number of fused-ring (bicyclic) bond motifs is 1. The third-order valence-electron chi connectivity index (χ3n) is 4.44. The van der Waals surface area contributed by atoms with E-state index in [1.54, 1.807) is 16.8 Å². The molecule has 1 atom stereocenters. The fourth-order valence-corrected chi connectivity index (χ4v) is 4.54. The summed E-state index contributed by atoms with van der Waals surface area (Å²) >= 11 is 3.00. The smallest absolute Gasteiger partial charge is 0.317 e. The average molecular weight is 405 g/mol. The van der Waals surface area contributed by atoms with Gasteiger partial charge in [0.1, 0.15) is 10.5 Å². The Bertz CT molecular complexity index is 970. The first-order chi connectivity index (χ1) is 13.0. The summed E-state index contributed by atoms with van der Waals surface area (Å²) in [7, 11) is 0. The zero-order valence-corrected chi connectivity index (χ0v) is 16.7. The predicted octanol–water partition coefficient (Wildman–Crippen LogP) is 1.85. The van der Waals surface area contributed by atoms with E-state index in [-0.39, 0.29) is 18.0 Å². The van der Waals surface area contributed by atoms with Gasteiger partial charge in [0.2, 0.25) is 5.95 Å². The minimum Gasteiger partial charge on any atom is -0.368 e. The molecule has 2 amide bonds. The molecule has 11 heteroatoms. The van der Waals surface area contributed by atoms with E-state index >= 15 is 0 Å². The van der Waals surface area contributed by atoms with Crippen molar-refractivity contribution in [1.82, 2.24) is 30.2 Å². The number of amides is 2. The monoisotopic (exact) mass is 404 g/mol. The molecule has 0 bridgehead atoms. The molecule has 1 fully saturated rings. The topological polar surface area (TPSA) is 113 Å². The van der Waals surface area contributed by atoms with Crippen molar-refractivity contribution < 1.29 is 4.79 Å². The summed E-state index contributed by atoms with van der Waals surface area (Å²) in [6.07, 6.45) is 0. The lowest BCUT2D eigenvalue weighted by Crippen LogP contribution is -2.56. The van der Waals surface area contributed by atoms with Crippen LogP contribution in [0.15, 0.2) is 10.9 Å². The van der Waals surface area contributed by atoms with Crippen molar-refractivity contribution >= 4 is 50.8 Å². The Balaban J connectivity index is 1.42. The van der Waals surface area contributed by atoms with Gasteiger partial charge in [0.25, 0.3) is 0 Å². The fraction of sp³-hybridized carbons (Fsp3) is 0.438. The van der Waals surface area contributed by atoms with Gasteiger partial charge in [-0.3, -0.25) is 0 Å². The highest BCUT2D eigenvalue weighted by atomic mass is 32.1. The summed E-state index contributed by atoms with van der Waals surface area (Å²) in [6, 6.07) is 0.0150. The molecule has 142 valence electrons. The lowest BCUT2D eigenvalue weighted by atomic mass is 10.2. The second-order valence-electron chi connectivity index (χ2n) is 6.44. The first-order valence-corrected chi connectivity index (χ1v) is 10.3. The van der Waals surface area contributed by atoms with Gasteiger partial charge in [0.05, 0.1) is 12.1 Å². The highest BCUT2D eigenvalue weighted by Crippen LogP contribution is 2.28. The molecule has 0 spiro atoms. The Kier molecular flexibility index (Phi) is 4.79. The lowest BCUT2D eigenvalue weighted by Gasteiger charge is -2.40. The number of aromatic nitrogens is 4. The van der Waals surface area contributed by atoms with Crippen molar-refractivity contribution in [1.29, 1.82) is 0 Å². The van der Waals surface area contributed by atoms with Gasteiger partial charge in [0, 0.05) is 36.8 Å². The first kappa shape index (κ1) is 17.9. The summed E-state index contributed by atoms with van der Waals surface area (Å²) in [5.74, 6) is 0.984. The number of thiazole rings is 2. The molecular formula is C16H20N8OS2. The molecule has 1 aliphatic heterocycles. The van der Waals surface area contributed by atoms with E-state index in [1.165, 1.54) is 11.3 Å². The number of carbonyl (C=O) groups is 1. The van der Waals surface area contributed by atoms with Crippen LogP contribution in [0.4, 0.5) is 16.6 Å². The van der Waals surface area contributed by atoms with Crippen LogP contribution >= 0.6 is 22.7 Å². The predicted molar refractivity (Wildman–Crippen MR) is 107 cm³/mol. The Hall–Kier alpha value is -2.53. The lowest BCUT2D eigenvalue weighted by molar-refractivity contribution is 0.186. The van der Waals surface area contributed by atoms with Crippen molar-refractivity contribution in [2.75, 3.05) is 30.3 Å². The van der Waals surface area contributed by atoms with E-state index in [0.29, 0.717) is 26.2 Å². The molecule has 0 radical (unpaired) electrons. The quantitative estimate of drug-likeness (QED) is 0.685. The molecule has 1 aliphatic rings. The van der Waals surface area contributed by atoms with Crippen molar-refractivity contribution in [2.24, 2.45) is 0 Å². The highest BCUT2D eigenvalue weighted by Gasteiger charge is 2.29. The molecular weight excluding hydrogens is 384 g/mol. The van der Waals surface area contributed by atoms with Gasteiger partial charge in [0.15, 0.2) is 10.6 Å². The van der Waals surface area contributed by atoms with Crippen LogP contribution in [0.3, 0.4) is 0 Å². The van der Waals surface area contributed by atoms with E-state index < -0.39 is 0 Å². The Morgan fingerprint density at radius 1 is 1.33 bits per heavy atom. The minimum atomic E-state index is -0.0737. The second-order valence-corrected chi connectivity index (χ2v) is 8.22. The van der Waals surface area contributed by atoms with Crippen molar-refractivity contribution in [3.8, 4) is 0 Å². The maximum atomic E-state index is 12.5. The number of hydrogen-bond acceptors (Lipinski definition) is 9. The van der Waals surface area contributed by atoms with Gasteiger partial charge >= 0.3 is 6.03 Å². The maximum absolute atomic E-state index is 12.5. The van der Waals surface area contributed by atoms with Crippen LogP contribution < -0.4 is 16.0 Å². The summed E-state index contributed by atoms with van der Waals surface area (Å²) < 4.78 is 0. The number of piperazine rings is 1. The zero-order valence-electron chi connectivity index (χ0n) is 15.0. The molecule has 4 rings (SSSR count). The van der Waals surface area contributed by atoms with Crippen molar-refractivity contribution in [3.05, 3.63) is 21.6 Å². The van der Waals surface area contributed by atoms with Gasteiger partial charge in [-0.15, -0.1) is 22.7 Å². The number of nitrogens with zero attached hydrogens (tertiary/aromatic N) is 6. The van der Waals surface area contributed by atoms with Crippen molar-refractivity contribution in [3.63, 3.8) is 0 Å². The van der Waals surface area contributed by atoms with Crippen LogP contribution in [-0.2, 0) is 6.54 Å². The Morgan fingerprint density at radius 3 is 2.93 bits per heavy atom. The summed E-state index contributed by atoms with van der Waals surface area (Å²) in [4.78, 5) is 34.7. The zero-order chi connectivity index (χ0) is 19.0. The number of anilines is 2. The molecule has 1 unspecified atom stereocenters. The molecule has 0 aliphatic carbocycles. The van der Waals surface area contributed by atoms with Gasteiger partial charge in [-0.25, -0.2) is 19.7 Å². The van der Waals surface area contributed by atoms with E-state index in [1.807, 2.05) is 17.2 Å². The van der Waals surface area contributed by atoms with Gasteiger partial charge < -0.3 is 20.9 Å². The van der Waals surface area contributed by atoms with E-state index in [9.17, 15) is 4.79 Å². The maximum Gasteiger partial charge on any atom is 0.317 e. The summed E-state index contributed by atoms with van der Waals surface area (Å²) in [6.45, 7) is 6.32. The number of nitrogen functional groups attached to an aromatic ring is 1. The summed E-state index contributed by atoms with van der Waals surface area (Å²) in [5.41, 5.74) is 9.34. The third kappa shape index (κ3) is 3.65. The molecule has 3 aromatic rings. The van der Waals surface area contributed by atoms with Gasteiger partial charge in [-0.05, 0) is 13.8 Å². The number of hydrogen-bond donors (Lipinski definition) is 2. The largest absolute Gasteiger partial charge is 0.368 e. The molecule has 0 saturated carbocycles. The van der Waals surface area contributed by atoms with Crippen LogP contribution in [0, 0.1) is 6.92 Å². The molecule has 0 aromatic carbocycles. The molecule has 27 heavy (non-hydrogen) atoms. The fourth-order valence-electron chi connectivity index (χ4n) is 3.17. The van der Waals surface area contributed by atoms with Crippen LogP contribution in [-0.4, -0.2) is 56.5 Å². The van der Waals surface area contributed by atoms with E-state index in [0.717, 1.165) is 26.9 Å².